The van der Waals surface area contributed by atoms with Crippen LogP contribution in [0, 0.1) is 0 Å². The van der Waals surface area contributed by atoms with Gasteiger partial charge in [0, 0.05) is 12.8 Å². The Balaban J connectivity index is 4.41. The van der Waals surface area contributed by atoms with E-state index in [-0.39, 0.29) is 26.1 Å². The third-order valence-electron chi connectivity index (χ3n) is 10.2. The van der Waals surface area contributed by atoms with Gasteiger partial charge < -0.3 is 27.9 Å². The van der Waals surface area contributed by atoms with Crippen molar-refractivity contribution in [1.29, 1.82) is 0 Å². The summed E-state index contributed by atoms with van der Waals surface area (Å²) in [4.78, 5) is 37.7. The summed E-state index contributed by atoms with van der Waals surface area (Å²) in [6.07, 6.45) is 69.2. The highest BCUT2D eigenvalue weighted by atomic mass is 31.2. The van der Waals surface area contributed by atoms with Crippen LogP contribution in [0.25, 0.3) is 0 Å². The Morgan fingerprint density at radius 3 is 1.29 bits per heavy atom. The van der Waals surface area contributed by atoms with E-state index < -0.39 is 32.5 Å². The van der Waals surface area contributed by atoms with Crippen molar-refractivity contribution in [2.24, 2.45) is 0 Å². The van der Waals surface area contributed by atoms with E-state index in [0.717, 1.165) is 96.3 Å². The topological polar surface area (TPSA) is 111 Å². The predicted molar refractivity (Wildman–Crippen MR) is 286 cm³/mol. The lowest BCUT2D eigenvalue weighted by atomic mass is 10.1. The van der Waals surface area contributed by atoms with Gasteiger partial charge >= 0.3 is 11.9 Å². The van der Waals surface area contributed by atoms with Crippen molar-refractivity contribution in [2.45, 2.75) is 174 Å². The largest absolute Gasteiger partial charge is 0.756 e. The lowest BCUT2D eigenvalue weighted by Crippen LogP contribution is -2.37. The van der Waals surface area contributed by atoms with E-state index >= 15 is 0 Å². The number of rotatable bonds is 45. The van der Waals surface area contributed by atoms with Gasteiger partial charge in [0.2, 0.25) is 0 Å². The molecule has 0 radical (unpaired) electrons. The Hall–Kier alpha value is -3.85. The molecule has 10 heteroatoms. The highest BCUT2D eigenvalue weighted by molar-refractivity contribution is 7.45. The van der Waals surface area contributed by atoms with Gasteiger partial charge in [-0.05, 0) is 109 Å². The Morgan fingerprint density at radius 1 is 0.471 bits per heavy atom. The predicted octanol–water partition coefficient (Wildman–Crippen LogP) is 15.2. The Morgan fingerprint density at radius 2 is 0.853 bits per heavy atom. The lowest BCUT2D eigenvalue weighted by Gasteiger charge is -2.28. The molecule has 68 heavy (non-hydrogen) atoms. The smallest absolute Gasteiger partial charge is 0.306 e. The van der Waals surface area contributed by atoms with E-state index in [9.17, 15) is 19.0 Å². The van der Waals surface area contributed by atoms with Crippen LogP contribution in [-0.4, -0.2) is 70.0 Å². The molecule has 0 bridgehead atoms. The fourth-order valence-corrected chi connectivity index (χ4v) is 6.88. The van der Waals surface area contributed by atoms with Gasteiger partial charge in [-0.1, -0.05) is 180 Å². The molecule has 0 rings (SSSR count). The van der Waals surface area contributed by atoms with Gasteiger partial charge in [0.25, 0.3) is 7.82 Å². The molecule has 2 unspecified atom stereocenters. The average molecular weight is 964 g/mol. The maximum Gasteiger partial charge on any atom is 0.306 e. The van der Waals surface area contributed by atoms with Crippen molar-refractivity contribution in [2.75, 3.05) is 47.5 Å². The van der Waals surface area contributed by atoms with Gasteiger partial charge in [0.15, 0.2) is 6.10 Å². The van der Waals surface area contributed by atoms with E-state index in [2.05, 4.69) is 141 Å². The average Bonchev–Trinajstić information content (AvgIpc) is 3.30. The number of esters is 2. The highest BCUT2D eigenvalue weighted by Crippen LogP contribution is 2.38. The number of nitrogens with zero attached hydrogens (tertiary/aromatic N) is 1. The van der Waals surface area contributed by atoms with E-state index in [1.165, 1.54) is 25.7 Å². The molecule has 0 spiro atoms. The fourth-order valence-electron chi connectivity index (χ4n) is 6.15. The molecule has 0 amide bonds. The van der Waals surface area contributed by atoms with E-state index in [1.54, 1.807) is 0 Å². The van der Waals surface area contributed by atoms with Gasteiger partial charge in [-0.2, -0.15) is 0 Å². The number of phosphoric ester groups is 1. The number of allylic oxidation sites excluding steroid dienone is 22. The molecular formula is C58H94NO8P. The molecule has 0 aromatic heterocycles. The van der Waals surface area contributed by atoms with Gasteiger partial charge in [-0.25, -0.2) is 0 Å². The minimum Gasteiger partial charge on any atom is -0.756 e. The first-order chi connectivity index (χ1) is 33.0. The maximum atomic E-state index is 12.7. The summed E-state index contributed by atoms with van der Waals surface area (Å²) in [7, 11) is 1.10. The molecule has 384 valence electrons. The van der Waals surface area contributed by atoms with Gasteiger partial charge in [0.1, 0.15) is 19.8 Å². The first kappa shape index (κ1) is 64.2. The van der Waals surface area contributed by atoms with E-state index in [1.807, 2.05) is 27.2 Å². The minimum absolute atomic E-state index is 0.0522. The molecule has 0 saturated carbocycles. The summed E-state index contributed by atoms with van der Waals surface area (Å²) in [5, 5.41) is 0. The van der Waals surface area contributed by atoms with Gasteiger partial charge in [-0.3, -0.25) is 14.2 Å². The monoisotopic (exact) mass is 964 g/mol. The van der Waals surface area contributed by atoms with Crippen LogP contribution in [0.5, 0.6) is 0 Å². The standard InChI is InChI=1S/C58H94NO8P/c1-6-8-10-12-14-16-18-20-22-23-24-25-26-27-28-29-30-31-32-33-34-35-37-39-41-43-45-47-49-51-58(61)67-56(55-66-68(62,63)65-53-52-59(3,4)5)54-64-57(60)50-48-46-44-42-40-38-36-21-19-17-15-13-11-9-7-2/h8,10,14-17,20-22,24-25,27-28,30-31,33-34,36-37,39,43,45,56H,6-7,9,11-13,18-19,23,26,29,32,35,38,40-42,44,46-55H2,1-5H3/b10-8-,16-14-,17-15-,22-20-,25-24-,28-27-,31-30-,34-33-,36-21-,39-37-,45-43-. The van der Waals surface area contributed by atoms with Crippen LogP contribution in [0.15, 0.2) is 134 Å². The van der Waals surface area contributed by atoms with Crippen molar-refractivity contribution < 1.29 is 42.1 Å². The van der Waals surface area contributed by atoms with Crippen LogP contribution >= 0.6 is 7.82 Å². The normalized spacial score (nSPS) is 14.5. The summed E-state index contributed by atoms with van der Waals surface area (Å²) in [5.41, 5.74) is 0. The molecular weight excluding hydrogens is 870 g/mol. The molecule has 0 fully saturated rings. The second kappa shape index (κ2) is 48.2. The molecule has 0 heterocycles. The third-order valence-corrected chi connectivity index (χ3v) is 11.1. The van der Waals surface area contributed by atoms with Crippen LogP contribution in [0.1, 0.15) is 168 Å². The Bertz CT molecular complexity index is 1610. The van der Waals surface area contributed by atoms with Crippen molar-refractivity contribution >= 4 is 19.8 Å². The minimum atomic E-state index is -4.66. The molecule has 2 atom stereocenters. The summed E-state index contributed by atoms with van der Waals surface area (Å²) < 4.78 is 33.9. The Kier molecular flexibility index (Phi) is 45.5. The number of likely N-dealkylation sites (N-methyl/N-ethyl adjacent to an activating group) is 1. The molecule has 0 aliphatic rings. The number of hydrogen-bond acceptors (Lipinski definition) is 8. The molecule has 0 aliphatic carbocycles. The lowest BCUT2D eigenvalue weighted by molar-refractivity contribution is -0.870. The number of phosphoric acid groups is 1. The molecule has 9 nitrogen and oxygen atoms in total. The number of hydrogen-bond donors (Lipinski definition) is 0. The van der Waals surface area contributed by atoms with Crippen LogP contribution in [0.2, 0.25) is 0 Å². The summed E-state index contributed by atoms with van der Waals surface area (Å²) >= 11 is 0. The van der Waals surface area contributed by atoms with Gasteiger partial charge in [0.05, 0.1) is 27.7 Å². The second-order valence-electron chi connectivity index (χ2n) is 17.8. The van der Waals surface area contributed by atoms with Crippen molar-refractivity contribution in [3.05, 3.63) is 134 Å². The van der Waals surface area contributed by atoms with Crippen molar-refractivity contribution in [3.8, 4) is 0 Å². The van der Waals surface area contributed by atoms with Crippen LogP contribution < -0.4 is 4.89 Å². The quantitative estimate of drug-likeness (QED) is 0.0195. The van der Waals surface area contributed by atoms with Gasteiger partial charge in [-0.15, -0.1) is 0 Å². The second-order valence-corrected chi connectivity index (χ2v) is 19.2. The molecule has 0 aliphatic heterocycles. The van der Waals surface area contributed by atoms with E-state index in [4.69, 9.17) is 18.5 Å². The first-order valence-electron chi connectivity index (χ1n) is 25.9. The number of ether oxygens (including phenoxy) is 2. The maximum absolute atomic E-state index is 12.7. The zero-order valence-corrected chi connectivity index (χ0v) is 44.1. The molecule has 0 aromatic carbocycles. The highest BCUT2D eigenvalue weighted by Gasteiger charge is 2.21. The fraction of sp³-hybridized carbons (Fsp3) is 0.586. The summed E-state index contributed by atoms with van der Waals surface area (Å²) in [6.45, 7) is 3.98. The SMILES string of the molecule is CC/C=C\C/C=C\C/C=C\C/C=C\C/C=C\C/C=C\C/C=C\C/C=C\C/C=C\CCCC(=O)OC(COC(=O)CCCCCCC/C=C\C/C=C\CCCCC)COP(=O)([O-])OCC[N+](C)(C)C. The number of quaternary nitrogens is 1. The molecule has 0 aromatic rings. The summed E-state index contributed by atoms with van der Waals surface area (Å²) in [6, 6.07) is 0. The van der Waals surface area contributed by atoms with Crippen LogP contribution in [0.4, 0.5) is 0 Å². The van der Waals surface area contributed by atoms with Crippen LogP contribution in [-0.2, 0) is 32.7 Å². The number of carbonyl (C=O) groups is 2. The molecule has 0 N–H and O–H groups in total. The Labute approximate surface area is 415 Å². The summed E-state index contributed by atoms with van der Waals surface area (Å²) in [5.74, 6) is -0.934. The zero-order valence-electron chi connectivity index (χ0n) is 43.2. The van der Waals surface area contributed by atoms with Crippen LogP contribution in [0.3, 0.4) is 0 Å². The van der Waals surface area contributed by atoms with Crippen molar-refractivity contribution in [3.63, 3.8) is 0 Å². The zero-order chi connectivity index (χ0) is 49.9. The van der Waals surface area contributed by atoms with E-state index in [0.29, 0.717) is 30.3 Å². The molecule has 0 saturated heterocycles. The first-order valence-corrected chi connectivity index (χ1v) is 27.4. The number of unbranched alkanes of at least 4 members (excludes halogenated alkanes) is 9. The number of carbonyl (C=O) groups excluding carboxylic acids is 2. The van der Waals surface area contributed by atoms with Crippen molar-refractivity contribution in [1.82, 2.24) is 0 Å². The third kappa shape index (κ3) is 51.5.